The third-order valence-corrected chi connectivity index (χ3v) is 4.81. The average molecular weight is 299 g/mol. The van der Waals surface area contributed by atoms with Gasteiger partial charge in [0.2, 0.25) is 0 Å². The van der Waals surface area contributed by atoms with Crippen molar-refractivity contribution in [2.24, 2.45) is 7.05 Å². The van der Waals surface area contributed by atoms with E-state index in [9.17, 15) is 0 Å². The maximum Gasteiger partial charge on any atom is 0.119 e. The van der Waals surface area contributed by atoms with E-state index in [-0.39, 0.29) is 0 Å². The van der Waals surface area contributed by atoms with Gasteiger partial charge in [-0.15, -0.1) is 0 Å². The quantitative estimate of drug-likeness (QED) is 0.921. The summed E-state index contributed by atoms with van der Waals surface area (Å²) in [6, 6.07) is 7.03. The SMILES string of the molecule is COc1ccc2c(c1)CC(NCCc1cnn(C)c1C)CC2. The molecule has 1 aromatic heterocycles. The van der Waals surface area contributed by atoms with Crippen molar-refractivity contribution in [2.45, 2.75) is 38.6 Å². The van der Waals surface area contributed by atoms with Crippen LogP contribution in [0, 0.1) is 6.92 Å². The minimum absolute atomic E-state index is 0.566. The van der Waals surface area contributed by atoms with Crippen LogP contribution in [0.25, 0.3) is 0 Å². The van der Waals surface area contributed by atoms with E-state index < -0.39 is 0 Å². The first-order valence-corrected chi connectivity index (χ1v) is 8.04. The third-order valence-electron chi connectivity index (χ3n) is 4.81. The fourth-order valence-corrected chi connectivity index (χ4v) is 3.24. The zero-order chi connectivity index (χ0) is 15.5. The zero-order valence-corrected chi connectivity index (χ0v) is 13.7. The van der Waals surface area contributed by atoms with Gasteiger partial charge in [-0.3, -0.25) is 4.68 Å². The Balaban J connectivity index is 1.55. The van der Waals surface area contributed by atoms with Crippen LogP contribution in [0.2, 0.25) is 0 Å². The molecule has 4 nitrogen and oxygen atoms in total. The van der Waals surface area contributed by atoms with Crippen molar-refractivity contribution in [3.63, 3.8) is 0 Å². The van der Waals surface area contributed by atoms with E-state index in [0.29, 0.717) is 6.04 Å². The molecule has 0 fully saturated rings. The highest BCUT2D eigenvalue weighted by Gasteiger charge is 2.18. The maximum absolute atomic E-state index is 5.34. The molecular formula is C18H25N3O. The molecule has 0 saturated carbocycles. The first-order chi connectivity index (χ1) is 10.7. The Morgan fingerprint density at radius 2 is 2.23 bits per heavy atom. The number of methoxy groups -OCH3 is 1. The number of hydrogen-bond acceptors (Lipinski definition) is 3. The molecule has 1 atom stereocenters. The lowest BCUT2D eigenvalue weighted by Gasteiger charge is -2.26. The number of nitrogens with zero attached hydrogens (tertiary/aromatic N) is 2. The number of aromatic nitrogens is 2. The van der Waals surface area contributed by atoms with Crippen LogP contribution in [-0.4, -0.2) is 29.5 Å². The van der Waals surface area contributed by atoms with Crippen LogP contribution in [0.3, 0.4) is 0 Å². The lowest BCUT2D eigenvalue weighted by atomic mass is 9.88. The van der Waals surface area contributed by atoms with Crippen LogP contribution in [-0.2, 0) is 26.3 Å². The summed E-state index contributed by atoms with van der Waals surface area (Å²) >= 11 is 0. The summed E-state index contributed by atoms with van der Waals surface area (Å²) in [4.78, 5) is 0. The topological polar surface area (TPSA) is 39.1 Å². The molecule has 1 N–H and O–H groups in total. The minimum Gasteiger partial charge on any atom is -0.497 e. The zero-order valence-electron chi connectivity index (χ0n) is 13.7. The van der Waals surface area contributed by atoms with Gasteiger partial charge >= 0.3 is 0 Å². The van der Waals surface area contributed by atoms with Crippen LogP contribution in [0.15, 0.2) is 24.4 Å². The van der Waals surface area contributed by atoms with Crippen molar-refractivity contribution in [3.05, 3.63) is 46.8 Å². The van der Waals surface area contributed by atoms with Crippen molar-refractivity contribution < 1.29 is 4.74 Å². The van der Waals surface area contributed by atoms with Crippen LogP contribution < -0.4 is 10.1 Å². The van der Waals surface area contributed by atoms with E-state index in [1.165, 1.54) is 28.8 Å². The average Bonchev–Trinajstić information content (AvgIpc) is 2.86. The highest BCUT2D eigenvalue weighted by Crippen LogP contribution is 2.25. The Bertz CT molecular complexity index is 648. The molecule has 118 valence electrons. The monoisotopic (exact) mass is 299 g/mol. The van der Waals surface area contributed by atoms with Gasteiger partial charge < -0.3 is 10.1 Å². The molecule has 1 heterocycles. The van der Waals surface area contributed by atoms with Crippen molar-refractivity contribution in [2.75, 3.05) is 13.7 Å². The predicted molar refractivity (Wildman–Crippen MR) is 88.5 cm³/mol. The summed E-state index contributed by atoms with van der Waals surface area (Å²) in [5.41, 5.74) is 5.51. The number of benzene rings is 1. The summed E-state index contributed by atoms with van der Waals surface area (Å²) in [5, 5.41) is 8.01. The predicted octanol–water partition coefficient (Wildman–Crippen LogP) is 2.43. The number of fused-ring (bicyclic) bond motifs is 1. The van der Waals surface area contributed by atoms with Gasteiger partial charge in [0.25, 0.3) is 0 Å². The fourth-order valence-electron chi connectivity index (χ4n) is 3.24. The van der Waals surface area contributed by atoms with Gasteiger partial charge in [-0.05, 0) is 68.0 Å². The maximum atomic E-state index is 5.34. The van der Waals surface area contributed by atoms with Crippen molar-refractivity contribution in [1.82, 2.24) is 15.1 Å². The fraction of sp³-hybridized carbons (Fsp3) is 0.500. The number of hydrogen-bond donors (Lipinski definition) is 1. The summed E-state index contributed by atoms with van der Waals surface area (Å²) in [6.45, 7) is 3.14. The van der Waals surface area contributed by atoms with Gasteiger partial charge in [0.05, 0.1) is 13.3 Å². The number of nitrogens with one attached hydrogen (secondary N) is 1. The van der Waals surface area contributed by atoms with E-state index in [2.05, 4.69) is 35.5 Å². The molecule has 1 aliphatic carbocycles. The lowest BCUT2D eigenvalue weighted by molar-refractivity contribution is 0.411. The van der Waals surface area contributed by atoms with Gasteiger partial charge in [-0.25, -0.2) is 0 Å². The normalized spacial score (nSPS) is 17.3. The van der Waals surface area contributed by atoms with E-state index in [1.54, 1.807) is 7.11 Å². The largest absolute Gasteiger partial charge is 0.497 e. The van der Waals surface area contributed by atoms with E-state index in [0.717, 1.165) is 31.6 Å². The molecule has 0 radical (unpaired) electrons. The molecule has 4 heteroatoms. The highest BCUT2D eigenvalue weighted by molar-refractivity contribution is 5.37. The second-order valence-electron chi connectivity index (χ2n) is 6.16. The number of aryl methyl sites for hydroxylation is 2. The number of ether oxygens (including phenoxy) is 1. The standard InChI is InChI=1S/C18H25N3O/c1-13-15(12-20-21(13)2)8-9-19-17-6-4-14-5-7-18(22-3)11-16(14)10-17/h5,7,11-12,17,19H,4,6,8-10H2,1-3H3. The van der Waals surface area contributed by atoms with Crippen LogP contribution in [0.4, 0.5) is 0 Å². The molecule has 1 aliphatic rings. The van der Waals surface area contributed by atoms with E-state index in [1.807, 2.05) is 17.9 Å². The summed E-state index contributed by atoms with van der Waals surface area (Å²) in [7, 11) is 3.73. The molecule has 0 bridgehead atoms. The molecule has 0 aliphatic heterocycles. The molecule has 3 rings (SSSR count). The molecule has 1 aromatic carbocycles. The van der Waals surface area contributed by atoms with Crippen molar-refractivity contribution in [1.29, 1.82) is 0 Å². The first-order valence-electron chi connectivity index (χ1n) is 8.04. The summed E-state index contributed by atoms with van der Waals surface area (Å²) in [5.74, 6) is 0.963. The Labute approximate surface area is 132 Å². The molecule has 1 unspecified atom stereocenters. The summed E-state index contributed by atoms with van der Waals surface area (Å²) < 4.78 is 7.28. The molecule has 22 heavy (non-hydrogen) atoms. The van der Waals surface area contributed by atoms with Crippen LogP contribution in [0.1, 0.15) is 28.8 Å². The van der Waals surface area contributed by atoms with Gasteiger partial charge in [-0.2, -0.15) is 5.10 Å². The molecule has 0 amide bonds. The third kappa shape index (κ3) is 3.17. The van der Waals surface area contributed by atoms with E-state index >= 15 is 0 Å². The van der Waals surface area contributed by atoms with Gasteiger partial charge in [-0.1, -0.05) is 6.07 Å². The van der Waals surface area contributed by atoms with Crippen LogP contribution >= 0.6 is 0 Å². The Morgan fingerprint density at radius 3 is 2.95 bits per heavy atom. The van der Waals surface area contributed by atoms with Gasteiger partial charge in [0.15, 0.2) is 0 Å². The van der Waals surface area contributed by atoms with Crippen molar-refractivity contribution >= 4 is 0 Å². The van der Waals surface area contributed by atoms with Gasteiger partial charge in [0.1, 0.15) is 5.75 Å². The highest BCUT2D eigenvalue weighted by atomic mass is 16.5. The molecule has 2 aromatic rings. The van der Waals surface area contributed by atoms with Crippen LogP contribution in [0.5, 0.6) is 5.75 Å². The second kappa shape index (κ2) is 6.53. The second-order valence-corrected chi connectivity index (χ2v) is 6.16. The molecule has 0 saturated heterocycles. The minimum atomic E-state index is 0.566. The Kier molecular flexibility index (Phi) is 4.48. The molecule has 0 spiro atoms. The summed E-state index contributed by atoms with van der Waals surface area (Å²) in [6.07, 6.45) is 6.49. The van der Waals surface area contributed by atoms with E-state index in [4.69, 9.17) is 4.74 Å². The smallest absolute Gasteiger partial charge is 0.119 e. The molecular weight excluding hydrogens is 274 g/mol. The number of rotatable bonds is 5. The Hall–Kier alpha value is -1.81. The Morgan fingerprint density at radius 1 is 1.36 bits per heavy atom. The van der Waals surface area contributed by atoms with Crippen molar-refractivity contribution in [3.8, 4) is 5.75 Å². The first kappa shape index (κ1) is 15.1. The van der Waals surface area contributed by atoms with Gasteiger partial charge in [0, 0.05) is 18.8 Å². The lowest BCUT2D eigenvalue weighted by Crippen LogP contribution is -2.35.